The Hall–Kier alpha value is -1.38. The number of hydrogen-bond donors (Lipinski definition) is 1. The minimum atomic E-state index is -0.201. The first-order valence-corrected chi connectivity index (χ1v) is 7.49. The van der Waals surface area contributed by atoms with Gasteiger partial charge >= 0.3 is 0 Å². The van der Waals surface area contributed by atoms with Crippen molar-refractivity contribution in [2.45, 2.75) is 31.7 Å². The Morgan fingerprint density at radius 2 is 1.62 bits per heavy atom. The fraction of sp³-hybridized carbons (Fsp3) is 0.333. The largest absolute Gasteiger partial charge is 0.316 e. The highest BCUT2D eigenvalue weighted by Crippen LogP contribution is 2.29. The predicted octanol–water partition coefficient (Wildman–Crippen LogP) is 4.59. The van der Waals surface area contributed by atoms with Gasteiger partial charge in [-0.15, -0.1) is 0 Å². The van der Waals surface area contributed by atoms with Crippen LogP contribution in [0.1, 0.15) is 25.0 Å². The van der Waals surface area contributed by atoms with Crippen LogP contribution in [0.25, 0.3) is 0 Å². The summed E-state index contributed by atoms with van der Waals surface area (Å²) >= 11 is 5.93. The molecule has 0 aromatic heterocycles. The second-order valence-corrected chi connectivity index (χ2v) is 6.34. The van der Waals surface area contributed by atoms with Crippen LogP contribution in [-0.2, 0) is 11.8 Å². The Kier molecular flexibility index (Phi) is 5.02. The van der Waals surface area contributed by atoms with Crippen LogP contribution >= 0.6 is 11.6 Å². The maximum Gasteiger partial charge on any atom is 0.123 e. The van der Waals surface area contributed by atoms with Crippen LogP contribution in [0.2, 0.25) is 5.02 Å². The Morgan fingerprint density at radius 3 is 2.14 bits per heavy atom. The molecule has 0 heterocycles. The van der Waals surface area contributed by atoms with Gasteiger partial charge in [-0.2, -0.15) is 0 Å². The van der Waals surface area contributed by atoms with Gasteiger partial charge in [-0.25, -0.2) is 4.39 Å². The molecule has 2 aromatic carbocycles. The summed E-state index contributed by atoms with van der Waals surface area (Å²) in [6, 6.07) is 14.9. The van der Waals surface area contributed by atoms with E-state index in [1.54, 1.807) is 0 Å². The molecule has 0 aliphatic carbocycles. The molecule has 0 spiro atoms. The molecular formula is C18H21ClFN. The molecule has 0 aliphatic rings. The van der Waals surface area contributed by atoms with Crippen LogP contribution in [0.3, 0.4) is 0 Å². The molecule has 0 amide bonds. The third-order valence-electron chi connectivity index (χ3n) is 4.16. The van der Waals surface area contributed by atoms with Crippen molar-refractivity contribution < 1.29 is 4.39 Å². The van der Waals surface area contributed by atoms with E-state index >= 15 is 0 Å². The topological polar surface area (TPSA) is 12.0 Å². The molecule has 112 valence electrons. The van der Waals surface area contributed by atoms with E-state index < -0.39 is 0 Å². The van der Waals surface area contributed by atoms with Gasteiger partial charge in [-0.3, -0.25) is 0 Å². The second kappa shape index (κ2) is 6.59. The summed E-state index contributed by atoms with van der Waals surface area (Å²) in [6.45, 7) is 4.36. The molecule has 1 atom stereocenters. The van der Waals surface area contributed by atoms with Crippen LogP contribution in [-0.4, -0.2) is 13.1 Å². The van der Waals surface area contributed by atoms with Gasteiger partial charge in [0.1, 0.15) is 5.82 Å². The summed E-state index contributed by atoms with van der Waals surface area (Å²) in [7, 11) is 1.96. The molecule has 2 aromatic rings. The third kappa shape index (κ3) is 3.84. The summed E-state index contributed by atoms with van der Waals surface area (Å²) in [6.07, 6.45) is 0.887. The van der Waals surface area contributed by atoms with E-state index in [9.17, 15) is 4.39 Å². The molecule has 0 radical (unpaired) electrons. The van der Waals surface area contributed by atoms with Gasteiger partial charge in [0.05, 0.1) is 0 Å². The highest BCUT2D eigenvalue weighted by atomic mass is 35.5. The maximum atomic E-state index is 13.1. The predicted molar refractivity (Wildman–Crippen MR) is 87.4 cm³/mol. The fourth-order valence-electron chi connectivity index (χ4n) is 2.65. The number of rotatable bonds is 5. The zero-order valence-electron chi connectivity index (χ0n) is 12.7. The fourth-order valence-corrected chi connectivity index (χ4v) is 2.78. The van der Waals surface area contributed by atoms with Crippen molar-refractivity contribution >= 4 is 11.6 Å². The van der Waals surface area contributed by atoms with E-state index in [0.29, 0.717) is 0 Å². The monoisotopic (exact) mass is 305 g/mol. The van der Waals surface area contributed by atoms with Crippen molar-refractivity contribution in [2.24, 2.45) is 0 Å². The number of nitrogens with one attached hydrogen (secondary N) is 1. The van der Waals surface area contributed by atoms with Crippen molar-refractivity contribution in [3.63, 3.8) is 0 Å². The molecule has 0 saturated carbocycles. The van der Waals surface area contributed by atoms with Gasteiger partial charge < -0.3 is 5.32 Å². The lowest BCUT2D eigenvalue weighted by molar-refractivity contribution is 0.356. The molecule has 21 heavy (non-hydrogen) atoms. The summed E-state index contributed by atoms with van der Waals surface area (Å²) in [5, 5.41) is 4.14. The maximum absolute atomic E-state index is 13.1. The number of benzene rings is 2. The zero-order chi connectivity index (χ0) is 15.5. The quantitative estimate of drug-likeness (QED) is 0.852. The zero-order valence-corrected chi connectivity index (χ0v) is 13.4. The summed E-state index contributed by atoms with van der Waals surface area (Å²) in [5.74, 6) is -0.201. The molecule has 0 bridgehead atoms. The first kappa shape index (κ1) is 16.0. The average Bonchev–Trinajstić information content (AvgIpc) is 2.47. The Balaban J connectivity index is 2.22. The van der Waals surface area contributed by atoms with Crippen LogP contribution in [0.15, 0.2) is 48.5 Å². The van der Waals surface area contributed by atoms with Crippen molar-refractivity contribution in [3.05, 3.63) is 70.5 Å². The summed E-state index contributed by atoms with van der Waals surface area (Å²) in [5.41, 5.74) is 2.24. The first-order chi connectivity index (χ1) is 9.93. The number of hydrogen-bond acceptors (Lipinski definition) is 1. The highest BCUT2D eigenvalue weighted by molar-refractivity contribution is 6.30. The van der Waals surface area contributed by atoms with Gasteiger partial charge in [0.15, 0.2) is 0 Å². The van der Waals surface area contributed by atoms with E-state index in [2.05, 4.69) is 19.2 Å². The molecular weight excluding hydrogens is 285 g/mol. The minimum absolute atomic E-state index is 0.109. The molecule has 2 rings (SSSR count). The summed E-state index contributed by atoms with van der Waals surface area (Å²) in [4.78, 5) is 0. The summed E-state index contributed by atoms with van der Waals surface area (Å²) < 4.78 is 13.1. The molecule has 0 fully saturated rings. The molecule has 1 nitrogen and oxygen atoms in total. The van der Waals surface area contributed by atoms with E-state index in [-0.39, 0.29) is 17.3 Å². The van der Waals surface area contributed by atoms with Crippen molar-refractivity contribution in [1.29, 1.82) is 0 Å². The third-order valence-corrected chi connectivity index (χ3v) is 4.41. The normalized spacial score (nSPS) is 13.2. The Morgan fingerprint density at radius 1 is 1.05 bits per heavy atom. The van der Waals surface area contributed by atoms with Gasteiger partial charge in [0, 0.05) is 16.5 Å². The van der Waals surface area contributed by atoms with Crippen LogP contribution < -0.4 is 5.32 Å². The molecule has 1 unspecified atom stereocenters. The van der Waals surface area contributed by atoms with Crippen LogP contribution in [0, 0.1) is 5.82 Å². The van der Waals surface area contributed by atoms with E-state index in [0.717, 1.165) is 17.0 Å². The van der Waals surface area contributed by atoms with E-state index in [1.807, 2.05) is 43.4 Å². The van der Waals surface area contributed by atoms with E-state index in [4.69, 9.17) is 11.6 Å². The standard InChI is InChI=1S/C18H21ClFN/c1-18(2,14-6-10-16(20)11-7-14)17(21-3)12-13-4-8-15(19)9-5-13/h4-11,17,21H,12H2,1-3H3. The van der Waals surface area contributed by atoms with Crippen molar-refractivity contribution in [2.75, 3.05) is 7.05 Å². The highest BCUT2D eigenvalue weighted by Gasteiger charge is 2.30. The molecule has 0 saturated heterocycles. The molecule has 3 heteroatoms. The van der Waals surface area contributed by atoms with Crippen LogP contribution in [0.4, 0.5) is 4.39 Å². The van der Waals surface area contributed by atoms with E-state index in [1.165, 1.54) is 17.7 Å². The SMILES string of the molecule is CNC(Cc1ccc(Cl)cc1)C(C)(C)c1ccc(F)cc1. The number of likely N-dealkylation sites (N-methyl/N-ethyl adjacent to an activating group) is 1. The van der Waals surface area contributed by atoms with Crippen LogP contribution in [0.5, 0.6) is 0 Å². The van der Waals surface area contributed by atoms with Crippen molar-refractivity contribution in [1.82, 2.24) is 5.32 Å². The first-order valence-electron chi connectivity index (χ1n) is 7.11. The molecule has 0 aliphatic heterocycles. The lowest BCUT2D eigenvalue weighted by Gasteiger charge is -2.35. The smallest absolute Gasteiger partial charge is 0.123 e. The van der Waals surface area contributed by atoms with Gasteiger partial charge in [0.25, 0.3) is 0 Å². The second-order valence-electron chi connectivity index (χ2n) is 5.90. The average molecular weight is 306 g/mol. The Bertz CT molecular complexity index is 575. The lowest BCUT2D eigenvalue weighted by Crippen LogP contribution is -2.44. The van der Waals surface area contributed by atoms with Gasteiger partial charge in [-0.05, 0) is 48.9 Å². The lowest BCUT2D eigenvalue weighted by atomic mass is 9.75. The van der Waals surface area contributed by atoms with Crippen molar-refractivity contribution in [3.8, 4) is 0 Å². The number of halogens is 2. The van der Waals surface area contributed by atoms with Gasteiger partial charge in [-0.1, -0.05) is 49.7 Å². The Labute approximate surface area is 131 Å². The molecule has 1 N–H and O–H groups in total. The minimum Gasteiger partial charge on any atom is -0.316 e. The van der Waals surface area contributed by atoms with Gasteiger partial charge in [0.2, 0.25) is 0 Å².